The first-order valence-corrected chi connectivity index (χ1v) is 9.13. The lowest BCUT2D eigenvalue weighted by Gasteiger charge is -2.10. The van der Waals surface area contributed by atoms with Gasteiger partial charge >= 0.3 is 0 Å². The second kappa shape index (κ2) is 8.23. The predicted molar refractivity (Wildman–Crippen MR) is 112 cm³/mol. The van der Waals surface area contributed by atoms with E-state index in [1.165, 1.54) is 12.3 Å². The third kappa shape index (κ3) is 4.75. The van der Waals surface area contributed by atoms with Gasteiger partial charge in [0.15, 0.2) is 0 Å². The molecule has 28 heavy (non-hydrogen) atoms. The summed E-state index contributed by atoms with van der Waals surface area (Å²) in [6.07, 6.45) is 1.44. The molecule has 3 rings (SSSR count). The van der Waals surface area contributed by atoms with Crippen molar-refractivity contribution in [3.8, 4) is 0 Å². The summed E-state index contributed by atoms with van der Waals surface area (Å²) in [5, 5.41) is 6.25. The highest BCUT2D eigenvalue weighted by Gasteiger charge is 2.13. The Morgan fingerprint density at radius 2 is 1.57 bits per heavy atom. The van der Waals surface area contributed by atoms with Gasteiger partial charge in [0.25, 0.3) is 11.8 Å². The second-order valence-electron chi connectivity index (χ2n) is 6.67. The molecular formula is C22H20ClN3O2. The zero-order chi connectivity index (χ0) is 20.3. The Hall–Kier alpha value is -3.18. The smallest absolute Gasteiger partial charge is 0.274 e. The molecule has 2 N–H and O–H groups in total. The fourth-order valence-corrected chi connectivity index (χ4v) is 3.13. The number of hydrogen-bond acceptors (Lipinski definition) is 3. The second-order valence-corrected chi connectivity index (χ2v) is 7.11. The summed E-state index contributed by atoms with van der Waals surface area (Å²) >= 11 is 5.94. The van der Waals surface area contributed by atoms with Crippen LogP contribution in [0.4, 0.5) is 11.4 Å². The van der Waals surface area contributed by atoms with E-state index in [0.29, 0.717) is 22.0 Å². The number of rotatable bonds is 4. The molecule has 0 spiro atoms. The van der Waals surface area contributed by atoms with Crippen molar-refractivity contribution in [2.75, 3.05) is 10.6 Å². The van der Waals surface area contributed by atoms with Gasteiger partial charge < -0.3 is 10.6 Å². The van der Waals surface area contributed by atoms with E-state index in [1.54, 1.807) is 24.3 Å². The highest BCUT2D eigenvalue weighted by atomic mass is 35.5. The molecule has 142 valence electrons. The molecule has 6 heteroatoms. The van der Waals surface area contributed by atoms with Crippen LogP contribution in [0.1, 0.15) is 37.5 Å². The van der Waals surface area contributed by atoms with Crippen LogP contribution in [0.15, 0.2) is 54.7 Å². The third-order valence-corrected chi connectivity index (χ3v) is 4.41. The lowest BCUT2D eigenvalue weighted by atomic mass is 10.1. The van der Waals surface area contributed by atoms with Gasteiger partial charge in [-0.1, -0.05) is 17.7 Å². The summed E-state index contributed by atoms with van der Waals surface area (Å²) in [4.78, 5) is 29.2. The average Bonchev–Trinajstić information content (AvgIpc) is 2.63. The molecule has 0 saturated carbocycles. The minimum atomic E-state index is -0.397. The normalized spacial score (nSPS) is 10.4. The van der Waals surface area contributed by atoms with Crippen molar-refractivity contribution >= 4 is 34.8 Å². The lowest BCUT2D eigenvalue weighted by molar-refractivity contribution is 0.102. The Bertz CT molecular complexity index is 1040. The van der Waals surface area contributed by atoms with Crippen LogP contribution in [0.3, 0.4) is 0 Å². The lowest BCUT2D eigenvalue weighted by Crippen LogP contribution is -2.17. The Balaban J connectivity index is 1.77. The number of nitrogens with zero attached hydrogens (tertiary/aromatic N) is 1. The van der Waals surface area contributed by atoms with Crippen molar-refractivity contribution in [3.05, 3.63) is 87.7 Å². The van der Waals surface area contributed by atoms with E-state index in [0.717, 1.165) is 16.7 Å². The van der Waals surface area contributed by atoms with Crippen LogP contribution >= 0.6 is 11.6 Å². The largest absolute Gasteiger partial charge is 0.322 e. The molecular weight excluding hydrogens is 374 g/mol. The van der Waals surface area contributed by atoms with Crippen LogP contribution in [0.25, 0.3) is 0 Å². The Morgan fingerprint density at radius 3 is 2.25 bits per heavy atom. The number of nitrogens with one attached hydrogen (secondary N) is 2. The molecule has 1 heterocycles. The van der Waals surface area contributed by atoms with Crippen molar-refractivity contribution in [2.24, 2.45) is 0 Å². The average molecular weight is 394 g/mol. The molecule has 2 amide bonds. The number of carbonyl (C=O) groups excluding carboxylic acids is 2. The number of benzene rings is 2. The van der Waals surface area contributed by atoms with Gasteiger partial charge in [-0.3, -0.25) is 14.6 Å². The van der Waals surface area contributed by atoms with Gasteiger partial charge in [-0.15, -0.1) is 0 Å². The first-order chi connectivity index (χ1) is 13.3. The van der Waals surface area contributed by atoms with Crippen LogP contribution in [0.2, 0.25) is 5.02 Å². The van der Waals surface area contributed by atoms with E-state index in [1.807, 2.05) is 39.0 Å². The molecule has 0 unspecified atom stereocenters. The standard InChI is InChI=1S/C22H20ClN3O2/c1-13-8-14(2)10-18(9-13)25-21(27)16-6-7-24-20(12-16)22(28)26-19-5-4-17(23)11-15(19)3/h4-12H,1-3H3,(H,25,27)(H,26,28). The van der Waals surface area contributed by atoms with Crippen molar-refractivity contribution in [1.29, 1.82) is 0 Å². The first kappa shape index (κ1) is 19.6. The van der Waals surface area contributed by atoms with Crippen LogP contribution < -0.4 is 10.6 Å². The van der Waals surface area contributed by atoms with Gasteiger partial charge in [-0.2, -0.15) is 0 Å². The van der Waals surface area contributed by atoms with E-state index in [-0.39, 0.29) is 11.6 Å². The fraction of sp³-hybridized carbons (Fsp3) is 0.136. The minimum absolute atomic E-state index is 0.155. The van der Waals surface area contributed by atoms with Crippen LogP contribution in [0.5, 0.6) is 0 Å². The molecule has 0 aliphatic heterocycles. The highest BCUT2D eigenvalue weighted by Crippen LogP contribution is 2.20. The topological polar surface area (TPSA) is 71.1 Å². The van der Waals surface area contributed by atoms with Crippen LogP contribution in [-0.2, 0) is 0 Å². The summed E-state index contributed by atoms with van der Waals surface area (Å²) in [6, 6.07) is 14.0. The molecule has 2 aromatic carbocycles. The summed E-state index contributed by atoms with van der Waals surface area (Å²) in [5.41, 5.74) is 4.81. The molecule has 0 radical (unpaired) electrons. The molecule has 0 saturated heterocycles. The molecule has 0 bridgehead atoms. The van der Waals surface area contributed by atoms with Gasteiger partial charge in [0.05, 0.1) is 0 Å². The maximum atomic E-state index is 12.6. The highest BCUT2D eigenvalue weighted by molar-refractivity contribution is 6.30. The Kier molecular flexibility index (Phi) is 5.76. The van der Waals surface area contributed by atoms with E-state index in [4.69, 9.17) is 11.6 Å². The molecule has 0 atom stereocenters. The Labute approximate surface area is 168 Å². The predicted octanol–water partition coefficient (Wildman–Crippen LogP) is 5.16. The molecule has 1 aromatic heterocycles. The summed E-state index contributed by atoms with van der Waals surface area (Å²) in [7, 11) is 0. The number of amides is 2. The SMILES string of the molecule is Cc1cc(C)cc(NC(=O)c2ccnc(C(=O)Nc3ccc(Cl)cc3C)c2)c1. The number of aromatic nitrogens is 1. The van der Waals surface area contributed by atoms with Crippen molar-refractivity contribution in [1.82, 2.24) is 4.98 Å². The first-order valence-electron chi connectivity index (χ1n) is 8.75. The van der Waals surface area contributed by atoms with Gasteiger partial charge in [0, 0.05) is 28.2 Å². The number of hydrogen-bond donors (Lipinski definition) is 2. The molecule has 5 nitrogen and oxygen atoms in total. The number of carbonyl (C=O) groups is 2. The number of anilines is 2. The summed E-state index contributed by atoms with van der Waals surface area (Å²) in [5.74, 6) is -0.699. The minimum Gasteiger partial charge on any atom is -0.322 e. The van der Waals surface area contributed by atoms with E-state index >= 15 is 0 Å². The summed E-state index contributed by atoms with van der Waals surface area (Å²) < 4.78 is 0. The van der Waals surface area contributed by atoms with Crippen molar-refractivity contribution in [3.63, 3.8) is 0 Å². The zero-order valence-corrected chi connectivity index (χ0v) is 16.6. The van der Waals surface area contributed by atoms with E-state index < -0.39 is 5.91 Å². The fourth-order valence-electron chi connectivity index (χ4n) is 2.90. The van der Waals surface area contributed by atoms with Gasteiger partial charge in [-0.05, 0) is 79.9 Å². The van der Waals surface area contributed by atoms with Crippen molar-refractivity contribution < 1.29 is 9.59 Å². The number of aryl methyl sites for hydroxylation is 3. The molecule has 0 aliphatic rings. The van der Waals surface area contributed by atoms with Crippen LogP contribution in [0, 0.1) is 20.8 Å². The maximum absolute atomic E-state index is 12.6. The van der Waals surface area contributed by atoms with Gasteiger partial charge in [0.2, 0.25) is 0 Å². The third-order valence-electron chi connectivity index (χ3n) is 4.17. The summed E-state index contributed by atoms with van der Waals surface area (Å²) in [6.45, 7) is 5.79. The zero-order valence-electron chi connectivity index (χ0n) is 15.8. The number of halogens is 1. The van der Waals surface area contributed by atoms with Crippen molar-refractivity contribution in [2.45, 2.75) is 20.8 Å². The van der Waals surface area contributed by atoms with Gasteiger partial charge in [0.1, 0.15) is 5.69 Å². The molecule has 0 aliphatic carbocycles. The van der Waals surface area contributed by atoms with E-state index in [2.05, 4.69) is 15.6 Å². The van der Waals surface area contributed by atoms with Gasteiger partial charge in [-0.25, -0.2) is 0 Å². The quantitative estimate of drug-likeness (QED) is 0.642. The monoisotopic (exact) mass is 393 g/mol. The maximum Gasteiger partial charge on any atom is 0.274 e. The molecule has 0 fully saturated rings. The Morgan fingerprint density at radius 1 is 0.857 bits per heavy atom. The van der Waals surface area contributed by atoms with Crippen LogP contribution in [-0.4, -0.2) is 16.8 Å². The number of pyridine rings is 1. The van der Waals surface area contributed by atoms with E-state index in [9.17, 15) is 9.59 Å². The molecule has 3 aromatic rings.